The van der Waals surface area contributed by atoms with Gasteiger partial charge in [-0.05, 0) is 36.8 Å². The monoisotopic (exact) mass is 414 g/mol. The molecule has 0 atom stereocenters. The number of methoxy groups -OCH3 is 1. The van der Waals surface area contributed by atoms with Crippen LogP contribution in [-0.2, 0) is 4.79 Å². The second-order valence-corrected chi connectivity index (χ2v) is 6.22. The van der Waals surface area contributed by atoms with Crippen molar-refractivity contribution >= 4 is 35.0 Å². The third-order valence-electron chi connectivity index (χ3n) is 3.44. The van der Waals surface area contributed by atoms with Gasteiger partial charge in [-0.3, -0.25) is 20.4 Å². The molecule has 0 aliphatic rings. The van der Waals surface area contributed by atoms with Crippen LogP contribution in [0.25, 0.3) is 0 Å². The summed E-state index contributed by atoms with van der Waals surface area (Å²) in [6.07, 6.45) is 0.480. The summed E-state index contributed by atoms with van der Waals surface area (Å²) in [5.41, 5.74) is 4.16. The first kappa shape index (κ1) is 20.8. The molecule has 2 amide bonds. The maximum Gasteiger partial charge on any atom is 0.272 e. The van der Waals surface area contributed by atoms with Crippen molar-refractivity contribution in [3.8, 4) is 11.5 Å². The fourth-order valence-electron chi connectivity index (χ4n) is 2.07. The molecule has 144 valence electrons. The molecule has 0 aliphatic heterocycles. The maximum atomic E-state index is 13.8. The Balaban J connectivity index is 1.72. The highest BCUT2D eigenvalue weighted by molar-refractivity contribution is 6.35. The van der Waals surface area contributed by atoms with Crippen molar-refractivity contribution in [3.63, 3.8) is 0 Å². The molecule has 0 saturated carbocycles. The molecule has 2 aromatic carbocycles. The van der Waals surface area contributed by atoms with Crippen LogP contribution in [0.1, 0.15) is 23.2 Å². The van der Waals surface area contributed by atoms with Crippen molar-refractivity contribution in [3.05, 3.63) is 57.8 Å². The number of halogens is 3. The molecule has 0 heterocycles. The van der Waals surface area contributed by atoms with E-state index in [4.69, 9.17) is 32.7 Å². The third-order valence-corrected chi connectivity index (χ3v) is 3.97. The van der Waals surface area contributed by atoms with E-state index in [0.29, 0.717) is 22.2 Å². The van der Waals surface area contributed by atoms with Crippen LogP contribution in [0.4, 0.5) is 4.39 Å². The molecule has 0 aliphatic carbocycles. The minimum atomic E-state index is -0.771. The van der Waals surface area contributed by atoms with Crippen LogP contribution in [0.2, 0.25) is 10.0 Å². The molecule has 27 heavy (non-hydrogen) atoms. The van der Waals surface area contributed by atoms with Crippen molar-refractivity contribution in [2.75, 3.05) is 13.7 Å². The summed E-state index contributed by atoms with van der Waals surface area (Å²) in [4.78, 5) is 23.6. The zero-order chi connectivity index (χ0) is 19.8. The molecular weight excluding hydrogens is 398 g/mol. The van der Waals surface area contributed by atoms with E-state index in [0.717, 1.165) is 6.07 Å². The van der Waals surface area contributed by atoms with E-state index in [1.807, 2.05) is 0 Å². The van der Waals surface area contributed by atoms with Crippen LogP contribution < -0.4 is 20.3 Å². The van der Waals surface area contributed by atoms with Crippen LogP contribution in [0.15, 0.2) is 36.4 Å². The molecule has 0 bridgehead atoms. The molecule has 2 N–H and O–H groups in total. The number of carbonyl (C=O) groups excluding carboxylic acids is 2. The average molecular weight is 415 g/mol. The lowest BCUT2D eigenvalue weighted by Gasteiger charge is -2.10. The van der Waals surface area contributed by atoms with E-state index in [1.165, 1.54) is 19.2 Å². The molecule has 0 fully saturated rings. The number of ether oxygens (including phenoxy) is 2. The van der Waals surface area contributed by atoms with Crippen LogP contribution >= 0.6 is 23.2 Å². The number of rotatable bonds is 7. The first-order valence-corrected chi connectivity index (χ1v) is 8.67. The standard InChI is InChI=1S/C18H17Cl2FN2O4/c1-26-12-5-6-13(15(21)10-12)18(25)23-22-17(24)3-2-8-27-16-7-4-11(19)9-14(16)20/h4-7,9-10H,2-3,8H2,1H3,(H,22,24)(H,23,25). The van der Waals surface area contributed by atoms with Gasteiger partial charge in [-0.2, -0.15) is 0 Å². The van der Waals surface area contributed by atoms with E-state index in [2.05, 4.69) is 10.9 Å². The number of carbonyl (C=O) groups is 2. The normalized spacial score (nSPS) is 10.2. The summed E-state index contributed by atoms with van der Waals surface area (Å²) in [6, 6.07) is 8.62. The van der Waals surface area contributed by atoms with E-state index >= 15 is 0 Å². The Morgan fingerprint density at radius 1 is 1.11 bits per heavy atom. The van der Waals surface area contributed by atoms with E-state index in [9.17, 15) is 14.0 Å². The number of hydrazine groups is 1. The van der Waals surface area contributed by atoms with Crippen molar-refractivity contribution in [1.82, 2.24) is 10.9 Å². The van der Waals surface area contributed by atoms with Crippen LogP contribution in [-0.4, -0.2) is 25.5 Å². The highest BCUT2D eigenvalue weighted by Crippen LogP contribution is 2.27. The molecular formula is C18H17Cl2FN2O4. The van der Waals surface area contributed by atoms with Gasteiger partial charge in [-0.25, -0.2) is 4.39 Å². The minimum absolute atomic E-state index is 0.0938. The first-order chi connectivity index (χ1) is 12.9. The van der Waals surface area contributed by atoms with Gasteiger partial charge in [-0.1, -0.05) is 23.2 Å². The summed E-state index contributed by atoms with van der Waals surface area (Å²) in [6.45, 7) is 0.246. The van der Waals surface area contributed by atoms with Gasteiger partial charge in [0.15, 0.2) is 0 Å². The van der Waals surface area contributed by atoms with Gasteiger partial charge >= 0.3 is 0 Å². The number of benzene rings is 2. The smallest absolute Gasteiger partial charge is 0.272 e. The molecule has 9 heteroatoms. The fourth-order valence-corrected chi connectivity index (χ4v) is 2.53. The average Bonchev–Trinajstić information content (AvgIpc) is 2.64. The Kier molecular flexibility index (Phi) is 7.69. The van der Waals surface area contributed by atoms with Gasteiger partial charge in [0, 0.05) is 17.5 Å². The van der Waals surface area contributed by atoms with Gasteiger partial charge in [0.25, 0.3) is 5.91 Å². The van der Waals surface area contributed by atoms with Crippen molar-refractivity contribution in [2.24, 2.45) is 0 Å². The Morgan fingerprint density at radius 2 is 1.89 bits per heavy atom. The second-order valence-electron chi connectivity index (χ2n) is 5.37. The molecule has 0 saturated heterocycles. The number of hydrogen-bond acceptors (Lipinski definition) is 4. The Bertz CT molecular complexity index is 833. The van der Waals surface area contributed by atoms with E-state index in [1.54, 1.807) is 18.2 Å². The zero-order valence-electron chi connectivity index (χ0n) is 14.4. The largest absolute Gasteiger partial charge is 0.497 e. The molecule has 0 spiro atoms. The van der Waals surface area contributed by atoms with Gasteiger partial charge in [-0.15, -0.1) is 0 Å². The molecule has 2 aromatic rings. The molecule has 0 radical (unpaired) electrons. The van der Waals surface area contributed by atoms with E-state index < -0.39 is 17.6 Å². The van der Waals surface area contributed by atoms with Crippen molar-refractivity contribution in [2.45, 2.75) is 12.8 Å². The Labute approximate surface area is 165 Å². The van der Waals surface area contributed by atoms with E-state index in [-0.39, 0.29) is 24.3 Å². The molecule has 0 unspecified atom stereocenters. The van der Waals surface area contributed by atoms with Crippen LogP contribution in [0.3, 0.4) is 0 Å². The van der Waals surface area contributed by atoms with Crippen molar-refractivity contribution < 1.29 is 23.5 Å². The predicted molar refractivity (Wildman–Crippen MR) is 99.8 cm³/mol. The topological polar surface area (TPSA) is 76.7 Å². The van der Waals surface area contributed by atoms with Crippen molar-refractivity contribution in [1.29, 1.82) is 0 Å². The second kappa shape index (κ2) is 9.99. The molecule has 6 nitrogen and oxygen atoms in total. The maximum absolute atomic E-state index is 13.8. The summed E-state index contributed by atoms with van der Waals surface area (Å²) >= 11 is 11.8. The fraction of sp³-hybridized carbons (Fsp3) is 0.222. The lowest BCUT2D eigenvalue weighted by atomic mass is 10.2. The Morgan fingerprint density at radius 3 is 2.56 bits per heavy atom. The number of hydrogen-bond donors (Lipinski definition) is 2. The molecule has 0 aromatic heterocycles. The number of amides is 2. The summed E-state index contributed by atoms with van der Waals surface area (Å²) in [7, 11) is 1.39. The lowest BCUT2D eigenvalue weighted by molar-refractivity contribution is -0.122. The van der Waals surface area contributed by atoms with Gasteiger partial charge in [0.2, 0.25) is 5.91 Å². The quantitative estimate of drug-likeness (QED) is 0.534. The summed E-state index contributed by atoms with van der Waals surface area (Å²) in [5.74, 6) is -1.22. The third kappa shape index (κ3) is 6.30. The van der Waals surface area contributed by atoms with Gasteiger partial charge in [0.1, 0.15) is 17.3 Å². The zero-order valence-corrected chi connectivity index (χ0v) is 15.9. The van der Waals surface area contributed by atoms with Gasteiger partial charge in [0.05, 0.1) is 24.3 Å². The van der Waals surface area contributed by atoms with Crippen LogP contribution in [0.5, 0.6) is 11.5 Å². The highest BCUT2D eigenvalue weighted by atomic mass is 35.5. The predicted octanol–water partition coefficient (Wildman–Crippen LogP) is 3.76. The number of nitrogens with one attached hydrogen (secondary N) is 2. The Hall–Kier alpha value is -2.51. The highest BCUT2D eigenvalue weighted by Gasteiger charge is 2.13. The SMILES string of the molecule is COc1ccc(C(=O)NNC(=O)CCCOc2ccc(Cl)cc2Cl)c(F)c1. The van der Waals surface area contributed by atoms with Crippen LogP contribution in [0, 0.1) is 5.82 Å². The summed E-state index contributed by atoms with van der Waals surface area (Å²) < 4.78 is 24.1. The lowest BCUT2D eigenvalue weighted by Crippen LogP contribution is -2.41. The van der Waals surface area contributed by atoms with Gasteiger partial charge < -0.3 is 9.47 Å². The molecule has 2 rings (SSSR count). The summed E-state index contributed by atoms with van der Waals surface area (Å²) in [5, 5.41) is 0.872. The first-order valence-electron chi connectivity index (χ1n) is 7.91. The minimum Gasteiger partial charge on any atom is -0.497 e.